The lowest BCUT2D eigenvalue weighted by molar-refractivity contribution is -0.138. The average Bonchev–Trinajstić information content (AvgIpc) is 2.98. The third kappa shape index (κ3) is 6.20. The summed E-state index contributed by atoms with van der Waals surface area (Å²) in [5, 5.41) is 13.9. The fourth-order valence-electron chi connectivity index (χ4n) is 5.18. The van der Waals surface area contributed by atoms with Gasteiger partial charge in [-0.1, -0.05) is 88.0 Å². The Labute approximate surface area is 219 Å². The molecule has 1 fully saturated rings. The summed E-state index contributed by atoms with van der Waals surface area (Å²) in [5.74, 6) is -0.179. The average molecular weight is 511 g/mol. The Balaban J connectivity index is 2.12. The van der Waals surface area contributed by atoms with Crippen molar-refractivity contribution in [2.45, 2.75) is 96.9 Å². The molecule has 0 saturated heterocycles. The zero-order valence-electron chi connectivity index (χ0n) is 23.7. The number of hydrogen-bond acceptors (Lipinski definition) is 4. The van der Waals surface area contributed by atoms with E-state index in [1.807, 2.05) is 53.7 Å². The van der Waals surface area contributed by atoms with Crippen LogP contribution in [0, 0.1) is 5.92 Å². The number of hydrogen-bond donors (Lipinski definition) is 1. The van der Waals surface area contributed by atoms with Gasteiger partial charge in [0.1, 0.15) is 6.10 Å². The van der Waals surface area contributed by atoms with Gasteiger partial charge in [-0.05, 0) is 62.5 Å². The number of aliphatic hydroxyl groups excluding tert-OH is 1. The first-order chi connectivity index (χ1) is 16.6. The molecule has 2 aromatic rings. The van der Waals surface area contributed by atoms with Gasteiger partial charge in [-0.15, -0.1) is 0 Å². The molecule has 1 saturated carbocycles. The molecule has 36 heavy (non-hydrogen) atoms. The van der Waals surface area contributed by atoms with Gasteiger partial charge in [0.05, 0.1) is 30.0 Å². The highest BCUT2D eigenvalue weighted by molar-refractivity contribution is 6.99. The molecular formula is C31H46O4Si. The lowest BCUT2D eigenvalue weighted by Gasteiger charge is -2.45. The van der Waals surface area contributed by atoms with Crippen LogP contribution in [0.3, 0.4) is 0 Å². The molecule has 0 amide bonds. The van der Waals surface area contributed by atoms with Gasteiger partial charge < -0.3 is 19.0 Å². The standard InChI is InChI=1S/C31H46O4Si/c1-22-25(21-33-29(2,3)4)28(34-30(5,6)7)26(32)27(22)35-36(31(8,9)10,23-17-13-11-14-18-23)24-19-15-12-16-20-24/h11-20,25-28,32H,1,21H2,2-10H3/t25-,26-,27-,28+/m0/s1. The first-order valence-electron chi connectivity index (χ1n) is 13.0. The summed E-state index contributed by atoms with van der Waals surface area (Å²) in [6.07, 6.45) is -1.90. The smallest absolute Gasteiger partial charge is 0.262 e. The van der Waals surface area contributed by atoms with Crippen LogP contribution in [0.5, 0.6) is 0 Å². The fraction of sp³-hybridized carbons (Fsp3) is 0.548. The Morgan fingerprint density at radius 3 is 1.64 bits per heavy atom. The molecule has 0 spiro atoms. The molecule has 0 bridgehead atoms. The molecular weight excluding hydrogens is 464 g/mol. The van der Waals surface area contributed by atoms with Crippen molar-refractivity contribution in [2.75, 3.05) is 6.61 Å². The molecule has 0 aliphatic heterocycles. The molecule has 0 unspecified atom stereocenters. The Morgan fingerprint density at radius 2 is 1.25 bits per heavy atom. The molecule has 0 aromatic heterocycles. The highest BCUT2D eigenvalue weighted by Crippen LogP contribution is 2.44. The monoisotopic (exact) mass is 510 g/mol. The predicted molar refractivity (Wildman–Crippen MR) is 151 cm³/mol. The lowest BCUT2D eigenvalue weighted by Crippen LogP contribution is -2.68. The Hall–Kier alpha value is -1.76. The summed E-state index contributed by atoms with van der Waals surface area (Å²) in [6, 6.07) is 21.0. The first kappa shape index (κ1) is 28.8. The largest absolute Gasteiger partial charge is 0.398 e. The van der Waals surface area contributed by atoms with E-state index in [9.17, 15) is 5.11 Å². The Morgan fingerprint density at radius 1 is 0.778 bits per heavy atom. The second-order valence-corrected chi connectivity index (χ2v) is 17.2. The van der Waals surface area contributed by atoms with E-state index in [0.717, 1.165) is 5.57 Å². The van der Waals surface area contributed by atoms with Crippen molar-refractivity contribution in [3.63, 3.8) is 0 Å². The van der Waals surface area contributed by atoms with Gasteiger partial charge in [0.25, 0.3) is 8.32 Å². The van der Waals surface area contributed by atoms with Crippen molar-refractivity contribution in [1.82, 2.24) is 0 Å². The van der Waals surface area contributed by atoms with Crippen LogP contribution in [0.25, 0.3) is 0 Å². The quantitative estimate of drug-likeness (QED) is 0.396. The van der Waals surface area contributed by atoms with Crippen molar-refractivity contribution in [1.29, 1.82) is 0 Å². The maximum atomic E-state index is 11.8. The second kappa shape index (κ2) is 10.5. The van der Waals surface area contributed by atoms with Crippen molar-refractivity contribution >= 4 is 18.7 Å². The van der Waals surface area contributed by atoms with Gasteiger partial charge in [-0.2, -0.15) is 0 Å². The molecule has 1 aliphatic carbocycles. The normalized spacial score (nSPS) is 23.8. The molecule has 1 aliphatic rings. The second-order valence-electron chi connectivity index (χ2n) is 13.0. The van der Waals surface area contributed by atoms with Crippen LogP contribution in [-0.2, 0) is 13.9 Å². The Bertz CT molecular complexity index is 959. The van der Waals surface area contributed by atoms with Crippen LogP contribution in [0.15, 0.2) is 72.8 Å². The minimum Gasteiger partial charge on any atom is -0.398 e. The number of benzene rings is 2. The van der Waals surface area contributed by atoms with E-state index in [2.05, 4.69) is 75.9 Å². The van der Waals surface area contributed by atoms with E-state index in [1.165, 1.54) is 10.4 Å². The molecule has 3 rings (SSSR count). The molecule has 2 aromatic carbocycles. The van der Waals surface area contributed by atoms with E-state index >= 15 is 0 Å². The van der Waals surface area contributed by atoms with E-state index in [0.29, 0.717) is 6.61 Å². The van der Waals surface area contributed by atoms with Crippen molar-refractivity contribution in [3.05, 3.63) is 72.8 Å². The van der Waals surface area contributed by atoms with E-state index in [1.54, 1.807) is 0 Å². The summed E-state index contributed by atoms with van der Waals surface area (Å²) in [4.78, 5) is 0. The minimum absolute atomic E-state index is 0.179. The molecule has 1 N–H and O–H groups in total. The van der Waals surface area contributed by atoms with Crippen molar-refractivity contribution in [2.24, 2.45) is 5.92 Å². The summed E-state index contributed by atoms with van der Waals surface area (Å²) in [5.41, 5.74) is 0.0983. The van der Waals surface area contributed by atoms with E-state index < -0.39 is 32.2 Å². The van der Waals surface area contributed by atoms with Crippen molar-refractivity contribution in [3.8, 4) is 0 Å². The Kier molecular flexibility index (Phi) is 8.44. The molecule has 0 radical (unpaired) electrons. The molecule has 5 heteroatoms. The first-order valence-corrected chi connectivity index (χ1v) is 14.9. The van der Waals surface area contributed by atoms with E-state index in [-0.39, 0.29) is 16.6 Å². The zero-order chi connectivity index (χ0) is 26.9. The van der Waals surface area contributed by atoms with Crippen LogP contribution >= 0.6 is 0 Å². The van der Waals surface area contributed by atoms with E-state index in [4.69, 9.17) is 13.9 Å². The van der Waals surface area contributed by atoms with Crippen LogP contribution in [-0.4, -0.2) is 49.5 Å². The third-order valence-corrected chi connectivity index (χ3v) is 11.8. The maximum absolute atomic E-state index is 11.8. The van der Waals surface area contributed by atoms with Crippen LogP contribution in [0.1, 0.15) is 62.3 Å². The van der Waals surface area contributed by atoms with Gasteiger partial charge in [0.2, 0.25) is 0 Å². The molecule has 4 atom stereocenters. The molecule has 0 heterocycles. The molecule has 198 valence electrons. The van der Waals surface area contributed by atoms with Gasteiger partial charge in [0, 0.05) is 5.92 Å². The van der Waals surface area contributed by atoms with Crippen molar-refractivity contribution < 1.29 is 19.0 Å². The molecule has 4 nitrogen and oxygen atoms in total. The topological polar surface area (TPSA) is 47.9 Å². The van der Waals surface area contributed by atoms with Gasteiger partial charge in [0.15, 0.2) is 0 Å². The summed E-state index contributed by atoms with van der Waals surface area (Å²) < 4.78 is 20.0. The lowest BCUT2D eigenvalue weighted by atomic mass is 10.0. The summed E-state index contributed by atoms with van der Waals surface area (Å²) in [7, 11) is -2.89. The van der Waals surface area contributed by atoms with Gasteiger partial charge in [-0.25, -0.2) is 0 Å². The number of rotatable bonds is 7. The van der Waals surface area contributed by atoms with Crippen LogP contribution in [0.4, 0.5) is 0 Å². The summed E-state index contributed by atoms with van der Waals surface area (Å²) in [6.45, 7) is 23.8. The van der Waals surface area contributed by atoms with Gasteiger partial charge >= 0.3 is 0 Å². The highest BCUT2D eigenvalue weighted by Gasteiger charge is 2.56. The van der Waals surface area contributed by atoms with Gasteiger partial charge in [-0.3, -0.25) is 0 Å². The predicted octanol–water partition coefficient (Wildman–Crippen LogP) is 5.48. The highest BCUT2D eigenvalue weighted by atomic mass is 28.4. The maximum Gasteiger partial charge on any atom is 0.262 e. The zero-order valence-corrected chi connectivity index (χ0v) is 24.7. The summed E-state index contributed by atoms with van der Waals surface area (Å²) >= 11 is 0. The number of aliphatic hydroxyl groups is 1. The van der Waals surface area contributed by atoms with Crippen LogP contribution < -0.4 is 10.4 Å². The fourth-order valence-corrected chi connectivity index (χ4v) is 9.87. The third-order valence-electron chi connectivity index (χ3n) is 6.79. The number of ether oxygens (including phenoxy) is 2. The minimum atomic E-state index is -2.89. The van der Waals surface area contributed by atoms with Crippen LogP contribution in [0.2, 0.25) is 5.04 Å². The SMILES string of the molecule is C=C1[C@H](COC(C)(C)C)[C@@H](OC(C)(C)C)[C@@H](O)[C@H]1O[Si](c1ccccc1)(c1ccccc1)C(C)(C)C.